The summed E-state index contributed by atoms with van der Waals surface area (Å²) < 4.78 is 44.5. The Hall–Kier alpha value is -2.00. The van der Waals surface area contributed by atoms with Gasteiger partial charge in [0.05, 0.1) is 10.8 Å². The average Bonchev–Trinajstić information content (AvgIpc) is 2.66. The normalized spacial score (nSPS) is 16.1. The van der Waals surface area contributed by atoms with Gasteiger partial charge in [0, 0.05) is 19.6 Å². The molecule has 7 nitrogen and oxygen atoms in total. The van der Waals surface area contributed by atoms with Gasteiger partial charge >= 0.3 is 5.97 Å². The van der Waals surface area contributed by atoms with Gasteiger partial charge in [-0.2, -0.15) is 4.31 Å². The number of sulfonamides is 1. The van der Waals surface area contributed by atoms with Crippen LogP contribution >= 0.6 is 0 Å². The van der Waals surface area contributed by atoms with Crippen LogP contribution in [0.2, 0.25) is 0 Å². The molecule has 0 unspecified atom stereocenters. The number of esters is 1. The van der Waals surface area contributed by atoms with E-state index in [9.17, 15) is 22.4 Å². The smallest absolute Gasteiger partial charge is 0.309 e. The molecule has 0 aromatic heterocycles. The van der Waals surface area contributed by atoms with E-state index < -0.39 is 27.7 Å². The molecule has 28 heavy (non-hydrogen) atoms. The van der Waals surface area contributed by atoms with Crippen molar-refractivity contribution in [3.8, 4) is 0 Å². The van der Waals surface area contributed by atoms with Crippen LogP contribution in [-0.4, -0.2) is 50.8 Å². The first-order valence-corrected chi connectivity index (χ1v) is 10.8. The van der Waals surface area contributed by atoms with E-state index in [0.717, 1.165) is 18.6 Å². The minimum atomic E-state index is -3.72. The largest absolute Gasteiger partial charge is 0.455 e. The molecule has 1 saturated heterocycles. The van der Waals surface area contributed by atoms with E-state index >= 15 is 0 Å². The fourth-order valence-corrected chi connectivity index (χ4v) is 4.36. The number of amides is 1. The lowest BCUT2D eigenvalue weighted by Gasteiger charge is -2.30. The van der Waals surface area contributed by atoms with Crippen molar-refractivity contribution in [2.75, 3.05) is 26.2 Å². The third-order valence-corrected chi connectivity index (χ3v) is 6.54. The first kappa shape index (κ1) is 22.3. The van der Waals surface area contributed by atoms with Gasteiger partial charge < -0.3 is 10.1 Å². The van der Waals surface area contributed by atoms with Gasteiger partial charge in [0.1, 0.15) is 5.82 Å². The summed E-state index contributed by atoms with van der Waals surface area (Å²) in [6.45, 7) is 4.64. The Morgan fingerprint density at radius 3 is 2.39 bits per heavy atom. The van der Waals surface area contributed by atoms with Gasteiger partial charge in [-0.25, -0.2) is 12.8 Å². The molecule has 156 valence electrons. The van der Waals surface area contributed by atoms with Crippen LogP contribution in [0.3, 0.4) is 0 Å². The van der Waals surface area contributed by atoms with E-state index in [0.29, 0.717) is 25.3 Å². The number of halogens is 1. The quantitative estimate of drug-likeness (QED) is 0.656. The molecule has 2 rings (SSSR count). The second kappa shape index (κ2) is 9.97. The van der Waals surface area contributed by atoms with E-state index in [1.807, 2.05) is 0 Å². The maximum Gasteiger partial charge on any atom is 0.309 e. The molecule has 0 atom stereocenters. The second-order valence-electron chi connectivity index (χ2n) is 7.27. The van der Waals surface area contributed by atoms with Crippen LogP contribution in [0.5, 0.6) is 0 Å². The Morgan fingerprint density at radius 1 is 1.21 bits per heavy atom. The van der Waals surface area contributed by atoms with E-state index in [4.69, 9.17) is 4.74 Å². The summed E-state index contributed by atoms with van der Waals surface area (Å²) in [5.41, 5.74) is 0. The first-order valence-electron chi connectivity index (χ1n) is 9.39. The summed E-state index contributed by atoms with van der Waals surface area (Å²) in [4.78, 5) is 23.8. The molecule has 0 spiro atoms. The van der Waals surface area contributed by atoms with Crippen molar-refractivity contribution in [3.05, 3.63) is 30.1 Å². The van der Waals surface area contributed by atoms with Gasteiger partial charge in [-0.1, -0.05) is 13.8 Å². The molecule has 0 bridgehead atoms. The SMILES string of the molecule is CC(C)CCNC(=O)COC(=O)C1CCN(S(=O)(=O)c2ccc(F)cc2)CC1. The third kappa shape index (κ3) is 6.27. The molecule has 1 aliphatic rings. The maximum atomic E-state index is 13.0. The number of carbonyl (C=O) groups is 2. The van der Waals surface area contributed by atoms with E-state index in [1.54, 1.807) is 0 Å². The van der Waals surface area contributed by atoms with Crippen molar-refractivity contribution < 1.29 is 27.1 Å². The molecule has 0 saturated carbocycles. The first-order chi connectivity index (χ1) is 13.2. The van der Waals surface area contributed by atoms with Gasteiger partial charge in [-0.3, -0.25) is 9.59 Å². The van der Waals surface area contributed by atoms with Crippen LogP contribution < -0.4 is 5.32 Å². The molecule has 9 heteroatoms. The zero-order valence-corrected chi connectivity index (χ0v) is 17.0. The Balaban J connectivity index is 1.79. The minimum Gasteiger partial charge on any atom is -0.455 e. The Morgan fingerprint density at radius 2 is 1.82 bits per heavy atom. The predicted molar refractivity (Wildman–Crippen MR) is 101 cm³/mol. The summed E-state index contributed by atoms with van der Waals surface area (Å²) in [6, 6.07) is 4.65. The van der Waals surface area contributed by atoms with Crippen LogP contribution in [0.15, 0.2) is 29.2 Å². The van der Waals surface area contributed by atoms with Crippen molar-refractivity contribution >= 4 is 21.9 Å². The van der Waals surface area contributed by atoms with E-state index in [2.05, 4.69) is 19.2 Å². The average molecular weight is 414 g/mol. The molecule has 1 aromatic carbocycles. The molecule has 1 amide bonds. The zero-order chi connectivity index (χ0) is 20.7. The van der Waals surface area contributed by atoms with Crippen molar-refractivity contribution in [2.24, 2.45) is 11.8 Å². The molecular weight excluding hydrogens is 387 g/mol. The number of piperidine rings is 1. The van der Waals surface area contributed by atoms with E-state index in [1.165, 1.54) is 16.4 Å². The van der Waals surface area contributed by atoms with Crippen molar-refractivity contribution in [3.63, 3.8) is 0 Å². The molecule has 0 radical (unpaired) electrons. The Labute approximate surface area is 165 Å². The fourth-order valence-electron chi connectivity index (χ4n) is 2.89. The van der Waals surface area contributed by atoms with E-state index in [-0.39, 0.29) is 30.5 Å². The number of hydrogen-bond donors (Lipinski definition) is 1. The van der Waals surface area contributed by atoms with Crippen molar-refractivity contribution in [1.82, 2.24) is 9.62 Å². The molecule has 1 aromatic rings. The lowest BCUT2D eigenvalue weighted by atomic mass is 9.98. The highest BCUT2D eigenvalue weighted by Gasteiger charge is 2.33. The van der Waals surface area contributed by atoms with Crippen molar-refractivity contribution in [1.29, 1.82) is 0 Å². The topological polar surface area (TPSA) is 92.8 Å². The number of nitrogens with one attached hydrogen (secondary N) is 1. The highest BCUT2D eigenvalue weighted by molar-refractivity contribution is 7.89. The van der Waals surface area contributed by atoms with Gasteiger partial charge in [0.15, 0.2) is 6.61 Å². The van der Waals surface area contributed by atoms with Crippen LogP contribution in [0.25, 0.3) is 0 Å². The summed E-state index contributed by atoms with van der Waals surface area (Å²) >= 11 is 0. The number of hydrogen-bond acceptors (Lipinski definition) is 5. The fraction of sp³-hybridized carbons (Fsp3) is 0.579. The molecule has 1 N–H and O–H groups in total. The second-order valence-corrected chi connectivity index (χ2v) is 9.21. The monoisotopic (exact) mass is 414 g/mol. The highest BCUT2D eigenvalue weighted by Crippen LogP contribution is 2.24. The van der Waals surface area contributed by atoms with Gasteiger partial charge in [-0.15, -0.1) is 0 Å². The lowest BCUT2D eigenvalue weighted by Crippen LogP contribution is -2.41. The maximum absolute atomic E-state index is 13.0. The molecule has 1 fully saturated rings. The summed E-state index contributed by atoms with van der Waals surface area (Å²) in [7, 11) is -3.72. The van der Waals surface area contributed by atoms with Crippen molar-refractivity contribution in [2.45, 2.75) is 38.0 Å². The molecule has 1 heterocycles. The lowest BCUT2D eigenvalue weighted by molar-refractivity contribution is -0.153. The number of rotatable bonds is 8. The third-order valence-electron chi connectivity index (χ3n) is 4.63. The van der Waals surface area contributed by atoms with Crippen LogP contribution in [0, 0.1) is 17.7 Å². The summed E-state index contributed by atoms with van der Waals surface area (Å²) in [5, 5.41) is 2.69. The molecule has 0 aliphatic carbocycles. The van der Waals surface area contributed by atoms with Gasteiger partial charge in [0.25, 0.3) is 5.91 Å². The van der Waals surface area contributed by atoms with Gasteiger partial charge in [-0.05, 0) is 49.4 Å². The zero-order valence-electron chi connectivity index (χ0n) is 16.2. The van der Waals surface area contributed by atoms with Crippen LogP contribution in [-0.2, 0) is 24.3 Å². The summed E-state index contributed by atoms with van der Waals surface area (Å²) in [5.74, 6) is -1.31. The predicted octanol–water partition coefficient (Wildman–Crippen LogP) is 1.93. The minimum absolute atomic E-state index is 0.0213. The number of nitrogens with zero attached hydrogens (tertiary/aromatic N) is 1. The molecular formula is C19H27FN2O5S. The van der Waals surface area contributed by atoms with Crippen LogP contribution in [0.1, 0.15) is 33.1 Å². The highest BCUT2D eigenvalue weighted by atomic mass is 32.2. The van der Waals surface area contributed by atoms with Gasteiger partial charge in [0.2, 0.25) is 10.0 Å². The number of carbonyl (C=O) groups excluding carboxylic acids is 2. The summed E-state index contributed by atoms with van der Waals surface area (Å²) in [6.07, 6.45) is 1.48. The number of ether oxygens (including phenoxy) is 1. The Bertz CT molecular complexity index is 772. The molecule has 1 aliphatic heterocycles. The number of benzene rings is 1. The standard InChI is InChI=1S/C19H27FN2O5S/c1-14(2)7-10-21-18(23)13-27-19(24)15-8-11-22(12-9-15)28(25,26)17-5-3-16(20)4-6-17/h3-6,14-15H,7-13H2,1-2H3,(H,21,23). The van der Waals surface area contributed by atoms with Crippen LogP contribution in [0.4, 0.5) is 4.39 Å². The Kier molecular flexibility index (Phi) is 7.94.